The molecule has 4 unspecified atom stereocenters. The summed E-state index contributed by atoms with van der Waals surface area (Å²) in [4.78, 5) is 20.7. The monoisotopic (exact) mass is 360 g/mol. The Balaban J connectivity index is 1.46. The highest BCUT2D eigenvalue weighted by Gasteiger charge is 2.52. The van der Waals surface area contributed by atoms with E-state index in [4.69, 9.17) is 4.74 Å². The van der Waals surface area contributed by atoms with Crippen LogP contribution >= 0.6 is 11.8 Å². The molecule has 1 aromatic carbocycles. The average molecular weight is 360 g/mol. The number of hydrogen-bond acceptors (Lipinski definition) is 5. The van der Waals surface area contributed by atoms with E-state index in [2.05, 4.69) is 53.3 Å². The van der Waals surface area contributed by atoms with E-state index in [1.807, 2.05) is 0 Å². The number of urea groups is 1. The third-order valence-corrected chi connectivity index (χ3v) is 7.44. The van der Waals surface area contributed by atoms with Crippen LogP contribution in [0.2, 0.25) is 0 Å². The molecule has 134 valence electrons. The van der Waals surface area contributed by atoms with E-state index in [9.17, 15) is 4.79 Å². The fourth-order valence-electron chi connectivity index (χ4n) is 4.94. The number of thioether (sulfide) groups is 1. The molecule has 0 spiro atoms. The smallest absolute Gasteiger partial charge is 0.320 e. The first-order valence-corrected chi connectivity index (χ1v) is 9.87. The third kappa shape index (κ3) is 2.11. The highest BCUT2D eigenvalue weighted by molar-refractivity contribution is 8.00. The number of carbonyl (C=O) groups excluding carboxylic acids is 1. The summed E-state index contributed by atoms with van der Waals surface area (Å²) in [5.74, 6) is 1.00. The van der Waals surface area contributed by atoms with E-state index in [-0.39, 0.29) is 23.6 Å². The molecule has 2 fully saturated rings. The Kier molecular flexibility index (Phi) is 3.41. The molecular weight excluding hydrogens is 336 g/mol. The van der Waals surface area contributed by atoms with Crippen LogP contribution in [0.25, 0.3) is 0 Å². The first-order chi connectivity index (χ1) is 12.1. The molecule has 2 amide bonds. The second-order valence-electron chi connectivity index (χ2n) is 7.60. The maximum Gasteiger partial charge on any atom is 0.320 e. The Morgan fingerprint density at radius 3 is 2.96 bits per heavy atom. The molecule has 0 radical (unpaired) electrons. The van der Waals surface area contributed by atoms with Gasteiger partial charge in [0.15, 0.2) is 5.50 Å². The lowest BCUT2D eigenvalue weighted by molar-refractivity contribution is 0.197. The number of fused-ring (bicyclic) bond motifs is 4. The molecule has 0 aromatic heterocycles. The molecule has 3 aliphatic heterocycles. The Labute approximate surface area is 152 Å². The second-order valence-corrected chi connectivity index (χ2v) is 8.70. The van der Waals surface area contributed by atoms with Crippen LogP contribution in [0, 0.1) is 0 Å². The zero-order valence-electron chi connectivity index (χ0n) is 14.9. The van der Waals surface area contributed by atoms with Gasteiger partial charge in [0.25, 0.3) is 0 Å². The second kappa shape index (κ2) is 5.45. The van der Waals surface area contributed by atoms with Crippen molar-refractivity contribution in [3.05, 3.63) is 17.7 Å². The van der Waals surface area contributed by atoms with Crippen LogP contribution in [-0.4, -0.2) is 67.2 Å². The van der Waals surface area contributed by atoms with Crippen molar-refractivity contribution in [2.24, 2.45) is 0 Å². The van der Waals surface area contributed by atoms with Crippen LogP contribution in [0.3, 0.4) is 0 Å². The molecule has 1 aromatic rings. The van der Waals surface area contributed by atoms with Gasteiger partial charge in [0.1, 0.15) is 5.75 Å². The Morgan fingerprint density at radius 1 is 1.32 bits per heavy atom. The molecule has 1 aliphatic carbocycles. The number of ether oxygens (including phenoxy) is 1. The van der Waals surface area contributed by atoms with Gasteiger partial charge in [-0.2, -0.15) is 0 Å². The van der Waals surface area contributed by atoms with Gasteiger partial charge in [-0.1, -0.05) is 11.8 Å². The zero-order valence-corrected chi connectivity index (χ0v) is 15.7. The van der Waals surface area contributed by atoms with Gasteiger partial charge in [-0.05, 0) is 39.1 Å². The van der Waals surface area contributed by atoms with E-state index in [1.165, 1.54) is 16.1 Å². The van der Waals surface area contributed by atoms with Crippen molar-refractivity contribution in [2.45, 2.75) is 47.8 Å². The van der Waals surface area contributed by atoms with Crippen molar-refractivity contribution in [1.29, 1.82) is 0 Å². The molecule has 3 heterocycles. The van der Waals surface area contributed by atoms with Crippen molar-refractivity contribution in [1.82, 2.24) is 15.1 Å². The number of rotatable bonds is 2. The number of nitrogens with one attached hydrogen (secondary N) is 1. The molecule has 4 atom stereocenters. The van der Waals surface area contributed by atoms with Crippen LogP contribution in [0.5, 0.6) is 5.75 Å². The van der Waals surface area contributed by atoms with E-state index in [0.29, 0.717) is 6.04 Å². The molecule has 1 N–H and O–H groups in total. The van der Waals surface area contributed by atoms with Gasteiger partial charge < -0.3 is 19.9 Å². The lowest BCUT2D eigenvalue weighted by atomic mass is 10.1. The van der Waals surface area contributed by atoms with Crippen molar-refractivity contribution in [3.8, 4) is 5.75 Å². The minimum atomic E-state index is 0.0259. The molecule has 0 bridgehead atoms. The molecule has 5 rings (SSSR count). The summed E-state index contributed by atoms with van der Waals surface area (Å²) in [5, 5.41) is 3.25. The van der Waals surface area contributed by atoms with Gasteiger partial charge >= 0.3 is 6.03 Å². The van der Waals surface area contributed by atoms with Crippen LogP contribution in [0.1, 0.15) is 18.4 Å². The van der Waals surface area contributed by atoms with E-state index in [0.717, 1.165) is 31.6 Å². The fraction of sp³-hybridized carbons (Fsp3) is 0.611. The molecule has 7 heteroatoms. The van der Waals surface area contributed by atoms with Gasteiger partial charge in [-0.25, -0.2) is 4.79 Å². The predicted octanol–water partition coefficient (Wildman–Crippen LogP) is 1.93. The van der Waals surface area contributed by atoms with Gasteiger partial charge in [0.05, 0.1) is 24.4 Å². The van der Waals surface area contributed by atoms with E-state index >= 15 is 0 Å². The van der Waals surface area contributed by atoms with E-state index < -0.39 is 0 Å². The van der Waals surface area contributed by atoms with Crippen LogP contribution in [0.4, 0.5) is 10.5 Å². The van der Waals surface area contributed by atoms with E-state index in [1.54, 1.807) is 11.8 Å². The van der Waals surface area contributed by atoms with Gasteiger partial charge in [-0.15, -0.1) is 0 Å². The average Bonchev–Trinajstić information content (AvgIpc) is 3.29. The topological polar surface area (TPSA) is 48.1 Å². The number of carbonyl (C=O) groups is 1. The molecule has 1 saturated heterocycles. The first kappa shape index (κ1) is 15.6. The quantitative estimate of drug-likeness (QED) is 0.873. The molecule has 25 heavy (non-hydrogen) atoms. The number of amides is 2. The molecular formula is C18H24N4O2S. The van der Waals surface area contributed by atoms with Crippen LogP contribution in [0.15, 0.2) is 17.0 Å². The summed E-state index contributed by atoms with van der Waals surface area (Å²) in [6.45, 7) is 0.758. The number of hydrogen-bond donors (Lipinski definition) is 1. The summed E-state index contributed by atoms with van der Waals surface area (Å²) < 4.78 is 5.73. The van der Waals surface area contributed by atoms with Gasteiger partial charge in [-0.3, -0.25) is 4.90 Å². The van der Waals surface area contributed by atoms with Crippen LogP contribution < -0.4 is 15.0 Å². The normalized spacial score (nSPS) is 32.7. The number of likely N-dealkylation sites (N-methyl/N-ethyl adjacent to an activating group) is 1. The standard InChI is InChI=1S/C18H24N4O2S/c1-20(2)11-4-5-12-15(11)19-17(23)22(12)18-21(3)16-10-8-9-24-13(10)6-7-14(16)25-18/h6-7,11-12,15,18H,4-5,8-9H2,1-3H3,(H,19,23). The number of benzene rings is 1. The summed E-state index contributed by atoms with van der Waals surface area (Å²) >= 11 is 1.79. The third-order valence-electron chi connectivity index (χ3n) is 6.10. The Morgan fingerprint density at radius 2 is 2.16 bits per heavy atom. The highest BCUT2D eigenvalue weighted by Crippen LogP contribution is 2.51. The maximum absolute atomic E-state index is 12.8. The fourth-order valence-corrected chi connectivity index (χ4v) is 6.32. The lowest BCUT2D eigenvalue weighted by Crippen LogP contribution is -2.48. The van der Waals surface area contributed by atoms with Crippen molar-refractivity contribution < 1.29 is 9.53 Å². The van der Waals surface area contributed by atoms with Gasteiger partial charge in [0.2, 0.25) is 0 Å². The summed E-state index contributed by atoms with van der Waals surface area (Å²) in [7, 11) is 6.33. The predicted molar refractivity (Wildman–Crippen MR) is 98.3 cm³/mol. The summed E-state index contributed by atoms with van der Waals surface area (Å²) in [6, 6.07) is 5.23. The zero-order chi connectivity index (χ0) is 17.3. The molecule has 4 aliphatic rings. The van der Waals surface area contributed by atoms with Crippen molar-refractivity contribution in [3.63, 3.8) is 0 Å². The van der Waals surface area contributed by atoms with Crippen LogP contribution in [-0.2, 0) is 6.42 Å². The summed E-state index contributed by atoms with van der Waals surface area (Å²) in [6.07, 6.45) is 3.15. The minimum Gasteiger partial charge on any atom is -0.493 e. The molecule has 6 nitrogen and oxygen atoms in total. The van der Waals surface area contributed by atoms with Gasteiger partial charge in [0, 0.05) is 30.0 Å². The van der Waals surface area contributed by atoms with Crippen molar-refractivity contribution >= 4 is 23.5 Å². The maximum atomic E-state index is 12.8. The molecule has 1 saturated carbocycles. The minimum absolute atomic E-state index is 0.0259. The summed E-state index contributed by atoms with van der Waals surface area (Å²) in [5.41, 5.74) is 2.57. The number of nitrogens with zero attached hydrogens (tertiary/aromatic N) is 3. The van der Waals surface area contributed by atoms with Crippen molar-refractivity contribution in [2.75, 3.05) is 32.6 Å². The highest BCUT2D eigenvalue weighted by atomic mass is 32.2. The number of anilines is 1. The first-order valence-electron chi connectivity index (χ1n) is 8.99. The lowest BCUT2D eigenvalue weighted by Gasteiger charge is -2.33. The largest absolute Gasteiger partial charge is 0.493 e. The Hall–Kier alpha value is -1.60. The Bertz CT molecular complexity index is 740. The SMILES string of the molecule is CN(C)C1CCC2C1NC(=O)N2C1Sc2ccc3c(c2N1C)CCO3.